The fourth-order valence-electron chi connectivity index (χ4n) is 2.94. The summed E-state index contributed by atoms with van der Waals surface area (Å²) in [6.45, 7) is 4.17. The Labute approximate surface area is 158 Å². The Morgan fingerprint density at radius 2 is 1.78 bits per heavy atom. The summed E-state index contributed by atoms with van der Waals surface area (Å²) < 4.78 is 1.89. The number of carbonyl (C=O) groups excluding carboxylic acids is 2. The number of benzene rings is 2. The van der Waals surface area contributed by atoms with Crippen LogP contribution in [0.4, 0.5) is 0 Å². The quantitative estimate of drug-likeness (QED) is 0.707. The molecule has 0 spiro atoms. The van der Waals surface area contributed by atoms with Gasteiger partial charge in [0.25, 0.3) is 5.91 Å². The normalized spacial score (nSPS) is 10.4. The number of aryl methyl sites for hydroxylation is 2. The highest BCUT2D eigenvalue weighted by Crippen LogP contribution is 2.13. The molecule has 2 N–H and O–H groups in total. The molecule has 0 unspecified atom stereocenters. The van der Waals surface area contributed by atoms with E-state index in [-0.39, 0.29) is 18.4 Å². The third-order valence-electron chi connectivity index (χ3n) is 4.14. The van der Waals surface area contributed by atoms with Gasteiger partial charge in [0.2, 0.25) is 5.91 Å². The van der Waals surface area contributed by atoms with Gasteiger partial charge in [-0.25, -0.2) is 4.98 Å². The summed E-state index contributed by atoms with van der Waals surface area (Å²) in [6, 6.07) is 13.4. The maximum absolute atomic E-state index is 12.2. The van der Waals surface area contributed by atoms with Crippen molar-refractivity contribution >= 4 is 11.8 Å². The average molecular weight is 362 g/mol. The number of aromatic nitrogens is 2. The van der Waals surface area contributed by atoms with E-state index in [1.54, 1.807) is 12.5 Å². The van der Waals surface area contributed by atoms with Gasteiger partial charge in [0.15, 0.2) is 0 Å². The van der Waals surface area contributed by atoms with Crippen molar-refractivity contribution in [1.29, 1.82) is 0 Å². The van der Waals surface area contributed by atoms with E-state index in [2.05, 4.69) is 15.6 Å². The molecule has 0 saturated carbocycles. The van der Waals surface area contributed by atoms with Crippen LogP contribution in [0.3, 0.4) is 0 Å². The average Bonchev–Trinajstić information content (AvgIpc) is 3.18. The topological polar surface area (TPSA) is 76.0 Å². The maximum atomic E-state index is 12.2. The second-order valence-corrected chi connectivity index (χ2v) is 6.43. The van der Waals surface area contributed by atoms with Crippen LogP contribution < -0.4 is 10.6 Å². The molecule has 0 fully saturated rings. The number of nitrogens with one attached hydrogen (secondary N) is 2. The van der Waals surface area contributed by atoms with Crippen LogP contribution in [0.2, 0.25) is 0 Å². The first-order chi connectivity index (χ1) is 13.0. The monoisotopic (exact) mass is 362 g/mol. The molecule has 0 saturated heterocycles. The van der Waals surface area contributed by atoms with E-state index in [9.17, 15) is 9.59 Å². The second kappa shape index (κ2) is 8.31. The van der Waals surface area contributed by atoms with Gasteiger partial charge < -0.3 is 15.2 Å². The van der Waals surface area contributed by atoms with Crippen molar-refractivity contribution < 1.29 is 9.59 Å². The number of rotatable bonds is 6. The minimum atomic E-state index is -0.254. The molecular formula is C21H22N4O2. The molecule has 3 rings (SSSR count). The molecule has 2 amide bonds. The summed E-state index contributed by atoms with van der Waals surface area (Å²) in [7, 11) is 0. The number of carbonyl (C=O) groups is 2. The van der Waals surface area contributed by atoms with Gasteiger partial charge in [-0.15, -0.1) is 0 Å². The SMILES string of the molecule is Cc1cc(C)cc(C(=O)NCC(=O)NCc2ccccc2-n2ccnc2)c1. The summed E-state index contributed by atoms with van der Waals surface area (Å²) in [5.74, 6) is -0.496. The molecule has 27 heavy (non-hydrogen) atoms. The van der Waals surface area contributed by atoms with Gasteiger partial charge in [0, 0.05) is 24.5 Å². The van der Waals surface area contributed by atoms with Crippen LogP contribution in [-0.2, 0) is 11.3 Å². The van der Waals surface area contributed by atoms with Crippen LogP contribution in [0, 0.1) is 13.8 Å². The molecule has 1 heterocycles. The lowest BCUT2D eigenvalue weighted by molar-refractivity contribution is -0.120. The lowest BCUT2D eigenvalue weighted by atomic mass is 10.1. The van der Waals surface area contributed by atoms with Gasteiger partial charge in [-0.3, -0.25) is 9.59 Å². The minimum absolute atomic E-state index is 0.0704. The molecule has 0 aliphatic heterocycles. The molecule has 0 aliphatic rings. The standard InChI is InChI=1S/C21H22N4O2/c1-15-9-16(2)11-18(10-15)21(27)24-13-20(26)23-12-17-5-3-4-6-19(17)25-8-7-22-14-25/h3-11,14H,12-13H2,1-2H3,(H,23,26)(H,24,27). The molecule has 0 atom stereocenters. The molecule has 3 aromatic rings. The number of hydrogen-bond acceptors (Lipinski definition) is 3. The fourth-order valence-corrected chi connectivity index (χ4v) is 2.94. The van der Waals surface area contributed by atoms with Crippen molar-refractivity contribution in [2.24, 2.45) is 0 Å². The van der Waals surface area contributed by atoms with Gasteiger partial charge in [0.1, 0.15) is 0 Å². The number of para-hydroxylation sites is 1. The van der Waals surface area contributed by atoms with Crippen molar-refractivity contribution in [1.82, 2.24) is 20.2 Å². The van der Waals surface area contributed by atoms with Gasteiger partial charge in [-0.2, -0.15) is 0 Å². The van der Waals surface area contributed by atoms with Crippen LogP contribution in [0.5, 0.6) is 0 Å². The Morgan fingerprint density at radius 1 is 1.04 bits per heavy atom. The van der Waals surface area contributed by atoms with Crippen molar-refractivity contribution in [3.63, 3.8) is 0 Å². The molecule has 138 valence electrons. The van der Waals surface area contributed by atoms with Crippen LogP contribution in [0.1, 0.15) is 27.0 Å². The summed E-state index contributed by atoms with van der Waals surface area (Å²) >= 11 is 0. The molecule has 6 heteroatoms. The van der Waals surface area contributed by atoms with E-state index in [4.69, 9.17) is 0 Å². The summed E-state index contributed by atoms with van der Waals surface area (Å²) in [6.07, 6.45) is 5.27. The Hall–Kier alpha value is -3.41. The molecule has 6 nitrogen and oxygen atoms in total. The maximum Gasteiger partial charge on any atom is 0.251 e. The van der Waals surface area contributed by atoms with Gasteiger partial charge in [-0.1, -0.05) is 35.4 Å². The molecule has 0 radical (unpaired) electrons. The number of amides is 2. The molecule has 0 aliphatic carbocycles. The van der Waals surface area contributed by atoms with Crippen molar-refractivity contribution in [3.05, 3.63) is 83.4 Å². The first kappa shape index (κ1) is 18.4. The lowest BCUT2D eigenvalue weighted by Crippen LogP contribution is -2.36. The fraction of sp³-hybridized carbons (Fsp3) is 0.190. The number of hydrogen-bond donors (Lipinski definition) is 2. The van der Waals surface area contributed by atoms with Gasteiger partial charge in [-0.05, 0) is 37.6 Å². The first-order valence-electron chi connectivity index (χ1n) is 8.72. The van der Waals surface area contributed by atoms with Crippen molar-refractivity contribution in [2.75, 3.05) is 6.54 Å². The summed E-state index contributed by atoms with van der Waals surface area (Å²) in [4.78, 5) is 28.4. The first-order valence-corrected chi connectivity index (χ1v) is 8.72. The Kier molecular flexibility index (Phi) is 5.66. The van der Waals surface area contributed by atoms with Crippen LogP contribution in [-0.4, -0.2) is 27.9 Å². The van der Waals surface area contributed by atoms with Crippen LogP contribution in [0.25, 0.3) is 5.69 Å². The highest BCUT2D eigenvalue weighted by atomic mass is 16.2. The van der Waals surface area contributed by atoms with Crippen molar-refractivity contribution in [2.45, 2.75) is 20.4 Å². The Bertz CT molecular complexity index is 928. The van der Waals surface area contributed by atoms with E-state index in [0.717, 1.165) is 22.4 Å². The highest BCUT2D eigenvalue weighted by molar-refractivity contribution is 5.96. The molecule has 2 aromatic carbocycles. The number of nitrogens with zero attached hydrogens (tertiary/aromatic N) is 2. The largest absolute Gasteiger partial charge is 0.350 e. The summed E-state index contributed by atoms with van der Waals surface area (Å²) in [5.41, 5.74) is 4.51. The zero-order chi connectivity index (χ0) is 19.2. The van der Waals surface area contributed by atoms with E-state index in [1.807, 2.05) is 67.1 Å². The Balaban J connectivity index is 1.56. The predicted octanol–water partition coefficient (Wildman–Crippen LogP) is 2.54. The zero-order valence-electron chi connectivity index (χ0n) is 15.4. The minimum Gasteiger partial charge on any atom is -0.350 e. The lowest BCUT2D eigenvalue weighted by Gasteiger charge is -2.12. The molecule has 1 aromatic heterocycles. The smallest absolute Gasteiger partial charge is 0.251 e. The van der Waals surface area contributed by atoms with E-state index in [1.165, 1.54) is 0 Å². The third-order valence-corrected chi connectivity index (χ3v) is 4.14. The van der Waals surface area contributed by atoms with E-state index < -0.39 is 0 Å². The highest BCUT2D eigenvalue weighted by Gasteiger charge is 2.10. The number of imidazole rings is 1. The van der Waals surface area contributed by atoms with Crippen LogP contribution >= 0.6 is 0 Å². The van der Waals surface area contributed by atoms with Gasteiger partial charge >= 0.3 is 0 Å². The van der Waals surface area contributed by atoms with Crippen molar-refractivity contribution in [3.8, 4) is 5.69 Å². The third kappa shape index (κ3) is 4.82. The van der Waals surface area contributed by atoms with Gasteiger partial charge in [0.05, 0.1) is 18.6 Å². The zero-order valence-corrected chi connectivity index (χ0v) is 15.4. The molecule has 0 bridgehead atoms. The van der Waals surface area contributed by atoms with E-state index >= 15 is 0 Å². The Morgan fingerprint density at radius 3 is 2.48 bits per heavy atom. The van der Waals surface area contributed by atoms with Crippen LogP contribution in [0.15, 0.2) is 61.2 Å². The van der Waals surface area contributed by atoms with E-state index in [0.29, 0.717) is 12.1 Å². The predicted molar refractivity (Wildman–Crippen MR) is 104 cm³/mol. The molecular weight excluding hydrogens is 340 g/mol. The summed E-state index contributed by atoms with van der Waals surface area (Å²) in [5, 5.41) is 5.51. The second-order valence-electron chi connectivity index (χ2n) is 6.43.